The SMILES string of the molecule is CN(C)c1ccc(/C=c2\sc3n(c2=O)[C@@H](c2ccccc2)C2=C(N=3)c3ccccc3CC2)cc1Br. The lowest BCUT2D eigenvalue weighted by Crippen LogP contribution is -2.38. The fraction of sp³-hybridized carbons (Fsp3) is 0.172. The van der Waals surface area contributed by atoms with Crippen molar-refractivity contribution in [1.29, 1.82) is 0 Å². The molecule has 0 fully saturated rings. The summed E-state index contributed by atoms with van der Waals surface area (Å²) in [6.45, 7) is 0. The largest absolute Gasteiger partial charge is 0.377 e. The molecule has 1 aromatic heterocycles. The van der Waals surface area contributed by atoms with Crippen molar-refractivity contribution in [3.8, 4) is 0 Å². The molecular weight excluding hydrogens is 518 g/mol. The molecule has 0 bridgehead atoms. The molecule has 0 saturated heterocycles. The van der Waals surface area contributed by atoms with Gasteiger partial charge in [0, 0.05) is 24.1 Å². The summed E-state index contributed by atoms with van der Waals surface area (Å²) < 4.78 is 3.60. The van der Waals surface area contributed by atoms with Gasteiger partial charge in [0.05, 0.1) is 22.0 Å². The van der Waals surface area contributed by atoms with E-state index in [0.717, 1.165) is 44.6 Å². The van der Waals surface area contributed by atoms with Gasteiger partial charge in [-0.1, -0.05) is 72.0 Å². The Morgan fingerprint density at radius 3 is 2.57 bits per heavy atom. The molecule has 6 rings (SSSR count). The number of halogens is 1. The molecule has 6 heteroatoms. The molecule has 2 heterocycles. The first-order valence-electron chi connectivity index (χ1n) is 11.7. The first-order valence-corrected chi connectivity index (χ1v) is 13.3. The number of aryl methyl sites for hydroxylation is 1. The second kappa shape index (κ2) is 8.77. The summed E-state index contributed by atoms with van der Waals surface area (Å²) in [7, 11) is 4.03. The maximum absolute atomic E-state index is 13.8. The summed E-state index contributed by atoms with van der Waals surface area (Å²) in [5.41, 5.74) is 8.00. The Hall–Kier alpha value is -3.22. The van der Waals surface area contributed by atoms with Crippen LogP contribution in [0.25, 0.3) is 11.8 Å². The summed E-state index contributed by atoms with van der Waals surface area (Å²) in [6, 6.07) is 24.9. The topological polar surface area (TPSA) is 37.6 Å². The van der Waals surface area contributed by atoms with Crippen LogP contribution in [0.5, 0.6) is 0 Å². The second-order valence-electron chi connectivity index (χ2n) is 9.13. The molecule has 1 atom stereocenters. The molecule has 0 amide bonds. The maximum Gasteiger partial charge on any atom is 0.271 e. The van der Waals surface area contributed by atoms with Gasteiger partial charge in [-0.25, -0.2) is 4.99 Å². The highest BCUT2D eigenvalue weighted by atomic mass is 79.9. The number of thiazole rings is 1. The van der Waals surface area contributed by atoms with Crippen molar-refractivity contribution in [3.63, 3.8) is 0 Å². The molecule has 2 aliphatic rings. The Morgan fingerprint density at radius 2 is 1.80 bits per heavy atom. The zero-order valence-electron chi connectivity index (χ0n) is 19.5. The van der Waals surface area contributed by atoms with Crippen LogP contribution < -0.4 is 19.8 Å². The zero-order chi connectivity index (χ0) is 24.1. The highest BCUT2D eigenvalue weighted by Gasteiger charge is 2.32. The van der Waals surface area contributed by atoms with Crippen LogP contribution in [0.1, 0.15) is 34.7 Å². The van der Waals surface area contributed by atoms with E-state index in [0.29, 0.717) is 4.53 Å². The quantitative estimate of drug-likeness (QED) is 0.359. The lowest BCUT2D eigenvalue weighted by Gasteiger charge is -2.30. The van der Waals surface area contributed by atoms with Gasteiger partial charge in [-0.3, -0.25) is 9.36 Å². The van der Waals surface area contributed by atoms with Crippen molar-refractivity contribution >= 4 is 44.7 Å². The van der Waals surface area contributed by atoms with Gasteiger partial charge in [0.2, 0.25) is 0 Å². The summed E-state index contributed by atoms with van der Waals surface area (Å²) in [6.07, 6.45) is 3.84. The van der Waals surface area contributed by atoms with Gasteiger partial charge in [-0.15, -0.1) is 0 Å². The average molecular weight is 543 g/mol. The second-order valence-corrected chi connectivity index (χ2v) is 11.0. The molecule has 35 heavy (non-hydrogen) atoms. The van der Waals surface area contributed by atoms with Crippen LogP contribution in [0.15, 0.2) is 92.6 Å². The van der Waals surface area contributed by atoms with Crippen LogP contribution in [0.2, 0.25) is 0 Å². The molecule has 4 aromatic rings. The number of nitrogens with zero attached hydrogens (tertiary/aromatic N) is 3. The smallest absolute Gasteiger partial charge is 0.271 e. The van der Waals surface area contributed by atoms with E-state index in [1.165, 1.54) is 28.0 Å². The molecule has 3 aromatic carbocycles. The monoisotopic (exact) mass is 541 g/mol. The first kappa shape index (κ1) is 22.3. The first-order chi connectivity index (χ1) is 17.0. The number of benzene rings is 3. The number of allylic oxidation sites excluding steroid dienone is 1. The van der Waals surface area contributed by atoms with Crippen LogP contribution in [-0.4, -0.2) is 18.7 Å². The van der Waals surface area contributed by atoms with E-state index in [4.69, 9.17) is 4.99 Å². The van der Waals surface area contributed by atoms with Gasteiger partial charge in [-0.2, -0.15) is 0 Å². The minimum Gasteiger partial charge on any atom is -0.377 e. The third-order valence-corrected chi connectivity index (χ3v) is 8.36. The van der Waals surface area contributed by atoms with Crippen LogP contribution >= 0.6 is 27.3 Å². The van der Waals surface area contributed by atoms with Gasteiger partial charge >= 0.3 is 0 Å². The number of rotatable bonds is 3. The molecule has 0 unspecified atom stereocenters. The predicted octanol–water partition coefficient (Wildman–Crippen LogP) is 5.15. The molecule has 174 valence electrons. The summed E-state index contributed by atoms with van der Waals surface area (Å²) in [5, 5.41) is 0. The van der Waals surface area contributed by atoms with Crippen molar-refractivity contribution in [2.75, 3.05) is 19.0 Å². The minimum atomic E-state index is -0.138. The van der Waals surface area contributed by atoms with Crippen LogP contribution in [-0.2, 0) is 6.42 Å². The fourth-order valence-electron chi connectivity index (χ4n) is 5.08. The third kappa shape index (κ3) is 3.81. The summed E-state index contributed by atoms with van der Waals surface area (Å²) in [5.74, 6) is 0. The van der Waals surface area contributed by atoms with Crippen LogP contribution in [0.3, 0.4) is 0 Å². The van der Waals surface area contributed by atoms with E-state index in [-0.39, 0.29) is 11.6 Å². The predicted molar refractivity (Wildman–Crippen MR) is 148 cm³/mol. The molecule has 0 saturated carbocycles. The molecule has 1 aliphatic heterocycles. The minimum absolute atomic E-state index is 0.0146. The number of fused-ring (bicyclic) bond motifs is 3. The number of hydrogen-bond donors (Lipinski definition) is 0. The average Bonchev–Trinajstić information content (AvgIpc) is 3.17. The van der Waals surface area contributed by atoms with Crippen LogP contribution in [0.4, 0.5) is 5.69 Å². The summed E-state index contributed by atoms with van der Waals surface area (Å²) >= 11 is 5.14. The highest BCUT2D eigenvalue weighted by Crippen LogP contribution is 2.41. The van der Waals surface area contributed by atoms with Crippen molar-refractivity contribution in [1.82, 2.24) is 4.57 Å². The van der Waals surface area contributed by atoms with Gasteiger partial charge < -0.3 is 4.90 Å². The lowest BCUT2D eigenvalue weighted by molar-refractivity contribution is 0.585. The Labute approximate surface area is 216 Å². The molecule has 0 radical (unpaired) electrons. The molecule has 1 aliphatic carbocycles. The standard InChI is InChI=1S/C29H24BrN3OS/c1-32(2)24-15-12-18(16-23(24)30)17-25-28(34)33-27(20-9-4-3-5-10-20)22-14-13-19-8-6-7-11-21(19)26(22)31-29(33)35-25/h3-12,15-17,27H,13-14H2,1-2H3/b25-17-/t27-/m0/s1. The van der Waals surface area contributed by atoms with Crippen molar-refractivity contribution in [2.24, 2.45) is 4.99 Å². The zero-order valence-corrected chi connectivity index (χ0v) is 21.9. The molecule has 0 spiro atoms. The van der Waals surface area contributed by atoms with E-state index in [1.807, 2.05) is 49.0 Å². The van der Waals surface area contributed by atoms with Gasteiger partial charge in [0.25, 0.3) is 5.56 Å². The van der Waals surface area contributed by atoms with E-state index in [1.54, 1.807) is 0 Å². The maximum atomic E-state index is 13.8. The van der Waals surface area contributed by atoms with Gasteiger partial charge in [0.1, 0.15) is 0 Å². The number of anilines is 1. The third-order valence-electron chi connectivity index (χ3n) is 6.74. The highest BCUT2D eigenvalue weighted by molar-refractivity contribution is 9.10. The summed E-state index contributed by atoms with van der Waals surface area (Å²) in [4.78, 5) is 21.7. The lowest BCUT2D eigenvalue weighted by atomic mass is 9.83. The Balaban J connectivity index is 1.58. The number of aromatic nitrogens is 1. The fourth-order valence-corrected chi connectivity index (χ4v) is 6.84. The van der Waals surface area contributed by atoms with Gasteiger partial charge in [0.15, 0.2) is 4.80 Å². The molecule has 4 nitrogen and oxygen atoms in total. The Kier molecular flexibility index (Phi) is 5.58. The van der Waals surface area contributed by atoms with E-state index < -0.39 is 0 Å². The normalized spacial score (nSPS) is 16.9. The van der Waals surface area contributed by atoms with Crippen LogP contribution in [0, 0.1) is 0 Å². The molecule has 0 N–H and O–H groups in total. The van der Waals surface area contributed by atoms with Gasteiger partial charge in [-0.05, 0) is 69.2 Å². The van der Waals surface area contributed by atoms with Crippen molar-refractivity contribution < 1.29 is 0 Å². The van der Waals surface area contributed by atoms with E-state index in [2.05, 4.69) is 69.4 Å². The van der Waals surface area contributed by atoms with E-state index in [9.17, 15) is 4.79 Å². The van der Waals surface area contributed by atoms with E-state index >= 15 is 0 Å². The molecular formula is C29H24BrN3OS. The van der Waals surface area contributed by atoms with Crippen molar-refractivity contribution in [2.45, 2.75) is 18.9 Å². The Morgan fingerprint density at radius 1 is 1.03 bits per heavy atom. The Bertz CT molecular complexity index is 1660. The van der Waals surface area contributed by atoms with Crippen molar-refractivity contribution in [3.05, 3.63) is 125 Å². The number of hydrogen-bond acceptors (Lipinski definition) is 4.